The van der Waals surface area contributed by atoms with Crippen molar-refractivity contribution < 1.29 is 14.4 Å². The number of carbonyl (C=O) groups is 1. The van der Waals surface area contributed by atoms with Gasteiger partial charge in [-0.25, -0.2) is 0 Å². The first-order valence-corrected chi connectivity index (χ1v) is 8.81. The number of aryl methyl sites for hydroxylation is 2. The van der Waals surface area contributed by atoms with Gasteiger partial charge in [-0.1, -0.05) is 5.16 Å². The summed E-state index contributed by atoms with van der Waals surface area (Å²) >= 11 is 1.65. The molecule has 0 unspecified atom stereocenters. The van der Waals surface area contributed by atoms with E-state index in [4.69, 9.17) is 4.52 Å². The molecule has 0 saturated carbocycles. The van der Waals surface area contributed by atoms with Crippen LogP contribution >= 0.6 is 11.3 Å². The van der Waals surface area contributed by atoms with Gasteiger partial charge in [-0.15, -0.1) is 0 Å². The lowest BCUT2D eigenvalue weighted by molar-refractivity contribution is -0.131. The summed E-state index contributed by atoms with van der Waals surface area (Å²) in [7, 11) is 0. The number of likely N-dealkylation sites (tertiary alicyclic amines) is 1. The van der Waals surface area contributed by atoms with Crippen LogP contribution in [0.1, 0.15) is 41.3 Å². The lowest BCUT2D eigenvalue weighted by atomic mass is 9.91. The Bertz CT molecular complexity index is 661. The lowest BCUT2D eigenvalue weighted by Crippen LogP contribution is -2.33. The number of aliphatic hydroxyl groups excluding tert-OH is 1. The summed E-state index contributed by atoms with van der Waals surface area (Å²) in [6.45, 7) is 6.97. The average molecular weight is 334 g/mol. The normalized spacial score (nSPS) is 22.5. The highest BCUT2D eigenvalue weighted by Gasteiger charge is 2.38. The van der Waals surface area contributed by atoms with Gasteiger partial charge in [0, 0.05) is 37.1 Å². The molecule has 3 heterocycles. The Balaban J connectivity index is 1.78. The fraction of sp³-hybridized carbons (Fsp3) is 0.529. The summed E-state index contributed by atoms with van der Waals surface area (Å²) in [6, 6.07) is 2.09. The van der Waals surface area contributed by atoms with E-state index >= 15 is 0 Å². The molecule has 0 spiro atoms. The summed E-state index contributed by atoms with van der Waals surface area (Å²) < 4.78 is 5.19. The van der Waals surface area contributed by atoms with Gasteiger partial charge in [0.15, 0.2) is 0 Å². The maximum atomic E-state index is 12.9. The smallest absolute Gasteiger partial charge is 0.230 e. The monoisotopic (exact) mass is 334 g/mol. The van der Waals surface area contributed by atoms with Crippen LogP contribution in [0.3, 0.4) is 0 Å². The van der Waals surface area contributed by atoms with Gasteiger partial charge < -0.3 is 14.5 Å². The summed E-state index contributed by atoms with van der Waals surface area (Å²) in [6.07, 6.45) is 0. The van der Waals surface area contributed by atoms with Gasteiger partial charge in [0.05, 0.1) is 11.6 Å². The van der Waals surface area contributed by atoms with Gasteiger partial charge >= 0.3 is 0 Å². The topological polar surface area (TPSA) is 66.6 Å². The zero-order valence-corrected chi connectivity index (χ0v) is 14.5. The number of aliphatic hydroxyl groups is 1. The van der Waals surface area contributed by atoms with E-state index in [9.17, 15) is 9.90 Å². The van der Waals surface area contributed by atoms with Crippen LogP contribution in [-0.2, 0) is 4.79 Å². The first kappa shape index (κ1) is 16.2. The summed E-state index contributed by atoms with van der Waals surface area (Å²) in [5.41, 5.74) is 2.87. The molecule has 0 bridgehead atoms. The van der Waals surface area contributed by atoms with E-state index in [1.165, 1.54) is 5.56 Å². The Hall–Kier alpha value is -1.66. The highest BCUT2D eigenvalue weighted by Crippen LogP contribution is 2.35. The molecule has 2 aromatic rings. The number of aromatic nitrogens is 1. The Morgan fingerprint density at radius 2 is 2.30 bits per heavy atom. The number of amides is 1. The van der Waals surface area contributed by atoms with Gasteiger partial charge in [-0.3, -0.25) is 4.79 Å². The van der Waals surface area contributed by atoms with E-state index in [0.717, 1.165) is 11.3 Å². The molecule has 23 heavy (non-hydrogen) atoms. The van der Waals surface area contributed by atoms with E-state index in [0.29, 0.717) is 18.8 Å². The van der Waals surface area contributed by atoms with Gasteiger partial charge in [0.25, 0.3) is 0 Å². The minimum Gasteiger partial charge on any atom is -0.396 e. The van der Waals surface area contributed by atoms with Crippen molar-refractivity contribution in [2.45, 2.75) is 32.6 Å². The minimum absolute atomic E-state index is 0.0792. The number of carbonyl (C=O) groups excluding carboxylic acids is 1. The fourth-order valence-corrected chi connectivity index (χ4v) is 4.33. The van der Waals surface area contributed by atoms with Crippen molar-refractivity contribution in [1.29, 1.82) is 0 Å². The predicted molar refractivity (Wildman–Crippen MR) is 88.6 cm³/mol. The Kier molecular flexibility index (Phi) is 4.55. The summed E-state index contributed by atoms with van der Waals surface area (Å²) in [4.78, 5) is 14.8. The highest BCUT2D eigenvalue weighted by molar-refractivity contribution is 7.08. The third-order valence-corrected chi connectivity index (χ3v) is 5.55. The second kappa shape index (κ2) is 6.45. The van der Waals surface area contributed by atoms with E-state index in [1.807, 2.05) is 31.1 Å². The SMILES string of the molecule is Cc1noc(C)c1[C@H](C)C(=O)N1C[C@@H](CO)[C@@H](c2ccsc2)C1. The van der Waals surface area contributed by atoms with Crippen LogP contribution in [0.5, 0.6) is 0 Å². The number of hydrogen-bond acceptors (Lipinski definition) is 5. The van der Waals surface area contributed by atoms with Gasteiger partial charge in [0.2, 0.25) is 5.91 Å². The second-order valence-corrected chi connectivity index (χ2v) is 7.09. The number of thiophene rings is 1. The molecule has 124 valence electrons. The Labute approximate surface area is 139 Å². The van der Waals surface area contributed by atoms with Crippen molar-refractivity contribution in [3.63, 3.8) is 0 Å². The van der Waals surface area contributed by atoms with Crippen molar-refractivity contribution in [2.24, 2.45) is 5.92 Å². The van der Waals surface area contributed by atoms with Crippen LogP contribution < -0.4 is 0 Å². The quantitative estimate of drug-likeness (QED) is 0.933. The zero-order valence-electron chi connectivity index (χ0n) is 13.7. The Morgan fingerprint density at radius 1 is 1.52 bits per heavy atom. The molecule has 2 aromatic heterocycles. The van der Waals surface area contributed by atoms with E-state index < -0.39 is 0 Å². The summed E-state index contributed by atoms with van der Waals surface area (Å²) in [5, 5.41) is 17.8. The third-order valence-electron chi connectivity index (χ3n) is 4.85. The van der Waals surface area contributed by atoms with Crippen molar-refractivity contribution >= 4 is 17.2 Å². The molecule has 1 N–H and O–H groups in total. The van der Waals surface area contributed by atoms with Crippen LogP contribution in [0.15, 0.2) is 21.3 Å². The van der Waals surface area contributed by atoms with Crippen molar-refractivity contribution in [2.75, 3.05) is 19.7 Å². The van der Waals surface area contributed by atoms with Crippen LogP contribution in [0, 0.1) is 19.8 Å². The largest absolute Gasteiger partial charge is 0.396 e. The van der Waals surface area contributed by atoms with Crippen molar-refractivity contribution in [3.8, 4) is 0 Å². The fourth-order valence-electron chi connectivity index (χ4n) is 3.61. The average Bonchev–Trinajstić information content (AvgIpc) is 3.25. The maximum absolute atomic E-state index is 12.9. The van der Waals surface area contributed by atoms with Crippen molar-refractivity contribution in [3.05, 3.63) is 39.4 Å². The third kappa shape index (κ3) is 2.93. The van der Waals surface area contributed by atoms with Crippen LogP contribution in [0.4, 0.5) is 0 Å². The molecule has 1 fully saturated rings. The first-order valence-electron chi connectivity index (χ1n) is 7.87. The maximum Gasteiger partial charge on any atom is 0.230 e. The lowest BCUT2D eigenvalue weighted by Gasteiger charge is -2.21. The molecule has 0 radical (unpaired) electrons. The molecule has 1 aliphatic rings. The van der Waals surface area contributed by atoms with Crippen molar-refractivity contribution in [1.82, 2.24) is 10.1 Å². The predicted octanol–water partition coefficient (Wildman–Crippen LogP) is 2.69. The van der Waals surface area contributed by atoms with Crippen LogP contribution in [-0.4, -0.2) is 40.8 Å². The molecule has 0 aliphatic carbocycles. The second-order valence-electron chi connectivity index (χ2n) is 6.31. The molecule has 3 rings (SSSR count). The molecule has 1 saturated heterocycles. The van der Waals surface area contributed by atoms with Gasteiger partial charge in [0.1, 0.15) is 5.76 Å². The first-order chi connectivity index (χ1) is 11.0. The molecule has 3 atom stereocenters. The Morgan fingerprint density at radius 3 is 2.87 bits per heavy atom. The van der Waals surface area contributed by atoms with E-state index in [-0.39, 0.29) is 30.3 Å². The zero-order chi connectivity index (χ0) is 16.6. The highest BCUT2D eigenvalue weighted by atomic mass is 32.1. The molecular weight excluding hydrogens is 312 g/mol. The molecular formula is C17H22N2O3S. The number of hydrogen-bond donors (Lipinski definition) is 1. The minimum atomic E-state index is -0.276. The van der Waals surface area contributed by atoms with E-state index in [1.54, 1.807) is 11.3 Å². The molecule has 1 amide bonds. The van der Waals surface area contributed by atoms with Gasteiger partial charge in [-0.05, 0) is 43.2 Å². The van der Waals surface area contributed by atoms with E-state index in [2.05, 4.69) is 16.6 Å². The molecule has 5 nitrogen and oxygen atoms in total. The molecule has 6 heteroatoms. The van der Waals surface area contributed by atoms with Crippen LogP contribution in [0.2, 0.25) is 0 Å². The van der Waals surface area contributed by atoms with Crippen LogP contribution in [0.25, 0.3) is 0 Å². The number of nitrogens with zero attached hydrogens (tertiary/aromatic N) is 2. The standard InChI is InChI=1S/C17H22N2O3S/c1-10(16-11(2)18-22-12(16)3)17(21)19-6-14(8-20)15(7-19)13-4-5-23-9-13/h4-5,9-10,14-15,20H,6-8H2,1-3H3/t10-,14-,15+/m0/s1. The molecule has 0 aromatic carbocycles. The molecule has 1 aliphatic heterocycles. The van der Waals surface area contributed by atoms with Gasteiger partial charge in [-0.2, -0.15) is 11.3 Å². The number of rotatable bonds is 4. The summed E-state index contributed by atoms with van der Waals surface area (Å²) in [5.74, 6) is 0.825.